The summed E-state index contributed by atoms with van der Waals surface area (Å²) in [6.07, 6.45) is 1.28. The summed E-state index contributed by atoms with van der Waals surface area (Å²) in [5.74, 6) is 0.809. The number of piperazine rings is 1. The summed E-state index contributed by atoms with van der Waals surface area (Å²) < 4.78 is 0. The highest BCUT2D eigenvalue weighted by Gasteiger charge is 2.31. The lowest BCUT2D eigenvalue weighted by Crippen LogP contribution is -2.58. The molecule has 1 saturated heterocycles. The molecular weight excluding hydrogens is 252 g/mol. The third-order valence-electron chi connectivity index (χ3n) is 3.71. The highest BCUT2D eigenvalue weighted by molar-refractivity contribution is 9.09. The van der Waals surface area contributed by atoms with Gasteiger partial charge >= 0.3 is 0 Å². The van der Waals surface area contributed by atoms with Gasteiger partial charge in [0, 0.05) is 37.0 Å². The van der Waals surface area contributed by atoms with Crippen LogP contribution in [0.1, 0.15) is 27.2 Å². The number of halogens is 1. The topological polar surface area (TPSA) is 6.48 Å². The SMILES string of the molecule is CCC(CBr)CN1CCN(C)C(C)(C)C1. The molecule has 1 aliphatic rings. The van der Waals surface area contributed by atoms with Crippen molar-refractivity contribution in [3.05, 3.63) is 0 Å². The molecule has 1 aliphatic heterocycles. The maximum Gasteiger partial charge on any atom is 0.0277 e. The van der Waals surface area contributed by atoms with Gasteiger partial charge in [-0.15, -0.1) is 0 Å². The van der Waals surface area contributed by atoms with E-state index in [1.54, 1.807) is 0 Å². The van der Waals surface area contributed by atoms with Crippen LogP contribution >= 0.6 is 15.9 Å². The zero-order valence-corrected chi connectivity index (χ0v) is 12.2. The molecule has 0 radical (unpaired) electrons. The van der Waals surface area contributed by atoms with E-state index in [4.69, 9.17) is 0 Å². The van der Waals surface area contributed by atoms with Gasteiger partial charge < -0.3 is 0 Å². The average molecular weight is 277 g/mol. The Labute approximate surface area is 103 Å². The van der Waals surface area contributed by atoms with Crippen molar-refractivity contribution in [3.8, 4) is 0 Å². The summed E-state index contributed by atoms with van der Waals surface area (Å²) in [6.45, 7) is 11.8. The molecule has 0 aliphatic carbocycles. The second kappa shape index (κ2) is 5.65. The molecule has 0 amide bonds. The van der Waals surface area contributed by atoms with Gasteiger partial charge in [-0.05, 0) is 26.8 Å². The van der Waals surface area contributed by atoms with Gasteiger partial charge in [0.25, 0.3) is 0 Å². The van der Waals surface area contributed by atoms with Crippen molar-refractivity contribution >= 4 is 15.9 Å². The lowest BCUT2D eigenvalue weighted by molar-refractivity contribution is 0.0335. The summed E-state index contributed by atoms with van der Waals surface area (Å²) in [5, 5.41) is 1.14. The average Bonchev–Trinajstić information content (AvgIpc) is 2.19. The number of hydrogen-bond acceptors (Lipinski definition) is 2. The molecule has 15 heavy (non-hydrogen) atoms. The van der Waals surface area contributed by atoms with Gasteiger partial charge in [0.05, 0.1) is 0 Å². The van der Waals surface area contributed by atoms with Crippen molar-refractivity contribution in [2.75, 3.05) is 38.6 Å². The van der Waals surface area contributed by atoms with E-state index in [0.717, 1.165) is 11.2 Å². The van der Waals surface area contributed by atoms with Gasteiger partial charge in [0.1, 0.15) is 0 Å². The molecule has 0 aromatic heterocycles. The lowest BCUT2D eigenvalue weighted by Gasteiger charge is -2.46. The third-order valence-corrected chi connectivity index (χ3v) is 4.62. The first-order chi connectivity index (χ1) is 6.99. The largest absolute Gasteiger partial charge is 0.300 e. The highest BCUT2D eigenvalue weighted by atomic mass is 79.9. The van der Waals surface area contributed by atoms with E-state index in [-0.39, 0.29) is 0 Å². The van der Waals surface area contributed by atoms with E-state index in [2.05, 4.69) is 53.5 Å². The number of rotatable bonds is 4. The predicted octanol–water partition coefficient (Wildman–Crippen LogP) is 2.43. The van der Waals surface area contributed by atoms with Crippen molar-refractivity contribution in [3.63, 3.8) is 0 Å². The third kappa shape index (κ3) is 3.72. The van der Waals surface area contributed by atoms with Gasteiger partial charge in [0.2, 0.25) is 0 Å². The zero-order chi connectivity index (χ0) is 11.5. The molecule has 2 nitrogen and oxygen atoms in total. The number of alkyl halides is 1. The standard InChI is InChI=1S/C12H25BrN2/c1-5-11(8-13)9-15-7-6-14(4)12(2,3)10-15/h11H,5-10H2,1-4H3. The van der Waals surface area contributed by atoms with Crippen LogP contribution in [0.25, 0.3) is 0 Å². The van der Waals surface area contributed by atoms with Crippen molar-refractivity contribution in [2.45, 2.75) is 32.7 Å². The minimum atomic E-state index is 0.336. The van der Waals surface area contributed by atoms with Crippen LogP contribution in [0.2, 0.25) is 0 Å². The molecular formula is C12H25BrN2. The molecule has 90 valence electrons. The fourth-order valence-electron chi connectivity index (χ4n) is 2.15. The molecule has 1 heterocycles. The highest BCUT2D eigenvalue weighted by Crippen LogP contribution is 2.20. The summed E-state index contributed by atoms with van der Waals surface area (Å²) in [4.78, 5) is 5.09. The molecule has 3 heteroatoms. The summed E-state index contributed by atoms with van der Waals surface area (Å²) in [6, 6.07) is 0. The maximum atomic E-state index is 3.61. The molecule has 1 fully saturated rings. The first-order valence-electron chi connectivity index (χ1n) is 5.99. The van der Waals surface area contributed by atoms with Crippen LogP contribution < -0.4 is 0 Å². The van der Waals surface area contributed by atoms with E-state index >= 15 is 0 Å². The Bertz CT molecular complexity index is 190. The van der Waals surface area contributed by atoms with E-state index in [9.17, 15) is 0 Å². The first-order valence-corrected chi connectivity index (χ1v) is 7.11. The van der Waals surface area contributed by atoms with Crippen LogP contribution in [0, 0.1) is 5.92 Å². The number of nitrogens with zero attached hydrogens (tertiary/aromatic N) is 2. The Morgan fingerprint density at radius 2 is 2.00 bits per heavy atom. The van der Waals surface area contributed by atoms with Crippen LogP contribution in [0.4, 0.5) is 0 Å². The molecule has 0 aromatic carbocycles. The van der Waals surface area contributed by atoms with Crippen molar-refractivity contribution in [2.24, 2.45) is 5.92 Å². The fourth-order valence-corrected chi connectivity index (χ4v) is 2.81. The van der Waals surface area contributed by atoms with Crippen molar-refractivity contribution in [1.82, 2.24) is 9.80 Å². The predicted molar refractivity (Wildman–Crippen MR) is 70.7 cm³/mol. The lowest BCUT2D eigenvalue weighted by atomic mass is 9.98. The van der Waals surface area contributed by atoms with Gasteiger partial charge in [0.15, 0.2) is 0 Å². The monoisotopic (exact) mass is 276 g/mol. The van der Waals surface area contributed by atoms with Gasteiger partial charge in [-0.25, -0.2) is 0 Å². The Hall–Kier alpha value is 0.400. The fraction of sp³-hybridized carbons (Fsp3) is 1.00. The minimum Gasteiger partial charge on any atom is -0.300 e. The van der Waals surface area contributed by atoms with Crippen molar-refractivity contribution in [1.29, 1.82) is 0 Å². The normalized spacial score (nSPS) is 25.4. The molecule has 1 atom stereocenters. The quantitative estimate of drug-likeness (QED) is 0.728. The molecule has 0 aromatic rings. The van der Waals surface area contributed by atoms with Crippen LogP contribution in [0.15, 0.2) is 0 Å². The van der Waals surface area contributed by atoms with E-state index in [1.807, 2.05) is 0 Å². The number of hydrogen-bond donors (Lipinski definition) is 0. The molecule has 1 unspecified atom stereocenters. The molecule has 0 bridgehead atoms. The van der Waals surface area contributed by atoms with Gasteiger partial charge in [-0.2, -0.15) is 0 Å². The van der Waals surface area contributed by atoms with Gasteiger partial charge in [-0.3, -0.25) is 9.80 Å². The smallest absolute Gasteiger partial charge is 0.0277 e. The Balaban J connectivity index is 2.45. The molecule has 0 spiro atoms. The van der Waals surface area contributed by atoms with E-state index in [1.165, 1.54) is 32.6 Å². The Morgan fingerprint density at radius 1 is 1.33 bits per heavy atom. The van der Waals surface area contributed by atoms with Crippen LogP contribution in [-0.4, -0.2) is 53.9 Å². The maximum absolute atomic E-state index is 3.61. The second-order valence-electron chi connectivity index (χ2n) is 5.40. The minimum absolute atomic E-state index is 0.336. The van der Waals surface area contributed by atoms with Crippen LogP contribution in [-0.2, 0) is 0 Å². The van der Waals surface area contributed by atoms with Crippen molar-refractivity contribution < 1.29 is 0 Å². The van der Waals surface area contributed by atoms with E-state index < -0.39 is 0 Å². The summed E-state index contributed by atoms with van der Waals surface area (Å²) in [5.41, 5.74) is 0.336. The molecule has 0 N–H and O–H groups in total. The summed E-state index contributed by atoms with van der Waals surface area (Å²) in [7, 11) is 2.24. The Morgan fingerprint density at radius 3 is 2.47 bits per heavy atom. The van der Waals surface area contributed by atoms with Crippen LogP contribution in [0.5, 0.6) is 0 Å². The molecule has 0 saturated carbocycles. The number of likely N-dealkylation sites (N-methyl/N-ethyl adjacent to an activating group) is 1. The summed E-state index contributed by atoms with van der Waals surface area (Å²) >= 11 is 3.61. The molecule has 1 rings (SSSR count). The second-order valence-corrected chi connectivity index (χ2v) is 6.05. The van der Waals surface area contributed by atoms with E-state index in [0.29, 0.717) is 5.54 Å². The van der Waals surface area contributed by atoms with Crippen LogP contribution in [0.3, 0.4) is 0 Å². The Kier molecular flexibility index (Phi) is 5.07. The zero-order valence-electron chi connectivity index (χ0n) is 10.6. The first kappa shape index (κ1) is 13.5. The van der Waals surface area contributed by atoms with Gasteiger partial charge in [-0.1, -0.05) is 29.3 Å².